The Balaban J connectivity index is 3.15. The molecular weight excluding hydrogens is 262 g/mol. The molecule has 1 unspecified atom stereocenters. The quantitative estimate of drug-likeness (QED) is 0.794. The van der Waals surface area contributed by atoms with Crippen molar-refractivity contribution < 1.29 is 9.53 Å². The molecule has 0 N–H and O–H groups in total. The lowest BCUT2D eigenvalue weighted by Gasteiger charge is -2.28. The zero-order chi connectivity index (χ0) is 14.8. The molecule has 0 aromatic heterocycles. The van der Waals surface area contributed by atoms with Crippen molar-refractivity contribution in [3.63, 3.8) is 0 Å². The van der Waals surface area contributed by atoms with E-state index in [-0.39, 0.29) is 5.97 Å². The van der Waals surface area contributed by atoms with Crippen molar-refractivity contribution in [1.82, 2.24) is 4.90 Å². The molecule has 0 aliphatic rings. The van der Waals surface area contributed by atoms with Crippen LogP contribution in [0, 0.1) is 6.92 Å². The second-order valence-corrected chi connectivity index (χ2v) is 6.26. The minimum absolute atomic E-state index is 0.261. The lowest BCUT2D eigenvalue weighted by molar-refractivity contribution is -0.160. The van der Waals surface area contributed by atoms with Crippen LogP contribution in [0.1, 0.15) is 37.9 Å². The number of nitrogens with zero attached hydrogens (tertiary/aromatic N) is 1. The van der Waals surface area contributed by atoms with Gasteiger partial charge in [-0.1, -0.05) is 23.7 Å². The summed E-state index contributed by atoms with van der Waals surface area (Å²) in [6.45, 7) is 7.51. The summed E-state index contributed by atoms with van der Waals surface area (Å²) in [7, 11) is 3.71. The first-order chi connectivity index (χ1) is 8.63. The molecule has 0 fully saturated rings. The SMILES string of the molecule is Cc1c(Cl)cccc1C(C(=O)OC(C)(C)C)N(C)C. The standard InChI is InChI=1S/C15H22ClNO2/c1-10-11(8-7-9-12(10)16)13(17(5)6)14(18)19-15(2,3)4/h7-9,13H,1-6H3. The van der Waals surface area contributed by atoms with Gasteiger partial charge in [0.15, 0.2) is 0 Å². The third kappa shape index (κ3) is 4.22. The number of esters is 1. The van der Waals surface area contributed by atoms with E-state index in [0.717, 1.165) is 11.1 Å². The second-order valence-electron chi connectivity index (χ2n) is 5.85. The molecule has 0 radical (unpaired) electrons. The van der Waals surface area contributed by atoms with Gasteiger partial charge in [0, 0.05) is 5.02 Å². The van der Waals surface area contributed by atoms with Crippen LogP contribution in [0.2, 0.25) is 5.02 Å². The van der Waals surface area contributed by atoms with Crippen LogP contribution in [0.15, 0.2) is 18.2 Å². The molecule has 3 nitrogen and oxygen atoms in total. The highest BCUT2D eigenvalue weighted by Crippen LogP contribution is 2.29. The van der Waals surface area contributed by atoms with Crippen molar-refractivity contribution in [3.8, 4) is 0 Å². The fourth-order valence-corrected chi connectivity index (χ4v) is 2.08. The summed E-state index contributed by atoms with van der Waals surface area (Å²) in [5.41, 5.74) is 1.29. The van der Waals surface area contributed by atoms with Crippen molar-refractivity contribution >= 4 is 17.6 Å². The Bertz CT molecular complexity index is 464. The zero-order valence-corrected chi connectivity index (χ0v) is 13.2. The summed E-state index contributed by atoms with van der Waals surface area (Å²) < 4.78 is 5.49. The lowest BCUT2D eigenvalue weighted by Crippen LogP contribution is -2.34. The van der Waals surface area contributed by atoms with Gasteiger partial charge in [-0.15, -0.1) is 0 Å². The van der Waals surface area contributed by atoms with Crippen LogP contribution in [0.3, 0.4) is 0 Å². The summed E-state index contributed by atoms with van der Waals surface area (Å²) in [5, 5.41) is 0.660. The second kappa shape index (κ2) is 5.93. The van der Waals surface area contributed by atoms with Gasteiger partial charge in [-0.2, -0.15) is 0 Å². The molecule has 4 heteroatoms. The number of carbonyl (C=O) groups excluding carboxylic acids is 1. The predicted molar refractivity (Wildman–Crippen MR) is 78.5 cm³/mol. The van der Waals surface area contributed by atoms with Crippen LogP contribution in [0.5, 0.6) is 0 Å². The van der Waals surface area contributed by atoms with Crippen LogP contribution < -0.4 is 0 Å². The third-order valence-electron chi connectivity index (χ3n) is 2.75. The molecule has 19 heavy (non-hydrogen) atoms. The normalized spacial score (nSPS) is 13.5. The van der Waals surface area contributed by atoms with Gasteiger partial charge in [-0.3, -0.25) is 4.90 Å². The van der Waals surface area contributed by atoms with E-state index < -0.39 is 11.6 Å². The molecule has 0 heterocycles. The Morgan fingerprint density at radius 3 is 2.37 bits per heavy atom. The molecule has 0 bridgehead atoms. The van der Waals surface area contributed by atoms with Crippen LogP contribution in [-0.2, 0) is 9.53 Å². The summed E-state index contributed by atoms with van der Waals surface area (Å²) in [6, 6.07) is 5.14. The lowest BCUT2D eigenvalue weighted by atomic mass is 10.00. The average Bonchev–Trinajstić information content (AvgIpc) is 2.21. The molecule has 0 spiro atoms. The van der Waals surface area contributed by atoms with E-state index in [9.17, 15) is 4.79 Å². The first-order valence-corrected chi connectivity index (χ1v) is 6.65. The summed E-state index contributed by atoms with van der Waals surface area (Å²) in [4.78, 5) is 14.2. The van der Waals surface area contributed by atoms with Crippen molar-refractivity contribution in [1.29, 1.82) is 0 Å². The minimum atomic E-state index is -0.502. The van der Waals surface area contributed by atoms with Gasteiger partial charge >= 0.3 is 5.97 Å². The highest BCUT2D eigenvalue weighted by atomic mass is 35.5. The Morgan fingerprint density at radius 2 is 1.89 bits per heavy atom. The van der Waals surface area contributed by atoms with E-state index >= 15 is 0 Å². The molecule has 0 saturated carbocycles. The number of ether oxygens (including phenoxy) is 1. The molecule has 0 saturated heterocycles. The minimum Gasteiger partial charge on any atom is -0.459 e. The van der Waals surface area contributed by atoms with Crippen LogP contribution in [0.4, 0.5) is 0 Å². The van der Waals surface area contributed by atoms with E-state index in [1.807, 2.05) is 64.9 Å². The average molecular weight is 284 g/mol. The smallest absolute Gasteiger partial charge is 0.328 e. The topological polar surface area (TPSA) is 29.5 Å². The highest BCUT2D eigenvalue weighted by molar-refractivity contribution is 6.31. The maximum Gasteiger partial charge on any atom is 0.328 e. The van der Waals surface area contributed by atoms with E-state index in [4.69, 9.17) is 16.3 Å². The molecule has 0 aliphatic heterocycles. The van der Waals surface area contributed by atoms with Crippen molar-refractivity contribution in [2.75, 3.05) is 14.1 Å². The number of halogens is 1. The third-order valence-corrected chi connectivity index (χ3v) is 3.16. The largest absolute Gasteiger partial charge is 0.459 e. The summed E-state index contributed by atoms with van der Waals surface area (Å²) in [6.07, 6.45) is 0. The van der Waals surface area contributed by atoms with E-state index in [0.29, 0.717) is 5.02 Å². The first kappa shape index (κ1) is 16.0. The number of benzene rings is 1. The van der Waals surface area contributed by atoms with Crippen LogP contribution in [0.25, 0.3) is 0 Å². The van der Waals surface area contributed by atoms with Gasteiger partial charge in [0.05, 0.1) is 0 Å². The van der Waals surface area contributed by atoms with Gasteiger partial charge in [0.1, 0.15) is 11.6 Å². The Morgan fingerprint density at radius 1 is 1.32 bits per heavy atom. The Hall–Kier alpha value is -1.06. The molecule has 1 aromatic rings. The van der Waals surface area contributed by atoms with E-state index in [1.165, 1.54) is 0 Å². The molecule has 1 aromatic carbocycles. The Labute approximate surface area is 120 Å². The Kier molecular flexibility index (Phi) is 4.99. The van der Waals surface area contributed by atoms with E-state index in [2.05, 4.69) is 0 Å². The predicted octanol–water partition coefficient (Wildman–Crippen LogP) is 3.59. The van der Waals surface area contributed by atoms with Gasteiger partial charge in [-0.05, 0) is 59.0 Å². The van der Waals surface area contributed by atoms with Crippen molar-refractivity contribution in [3.05, 3.63) is 34.3 Å². The van der Waals surface area contributed by atoms with Crippen LogP contribution >= 0.6 is 11.6 Å². The highest BCUT2D eigenvalue weighted by Gasteiger charge is 2.29. The van der Waals surface area contributed by atoms with Gasteiger partial charge in [-0.25, -0.2) is 4.79 Å². The molecular formula is C15H22ClNO2. The molecule has 106 valence electrons. The number of rotatable bonds is 3. The number of hydrogen-bond acceptors (Lipinski definition) is 3. The van der Waals surface area contributed by atoms with Crippen LogP contribution in [-0.4, -0.2) is 30.6 Å². The first-order valence-electron chi connectivity index (χ1n) is 6.28. The van der Waals surface area contributed by atoms with Gasteiger partial charge in [0.2, 0.25) is 0 Å². The van der Waals surface area contributed by atoms with E-state index in [1.54, 1.807) is 0 Å². The monoisotopic (exact) mass is 283 g/mol. The number of likely N-dealkylation sites (N-methyl/N-ethyl adjacent to an activating group) is 1. The fraction of sp³-hybridized carbons (Fsp3) is 0.533. The maximum absolute atomic E-state index is 12.4. The molecule has 0 aliphatic carbocycles. The molecule has 1 rings (SSSR count). The zero-order valence-electron chi connectivity index (χ0n) is 12.5. The molecule has 1 atom stereocenters. The van der Waals surface area contributed by atoms with Gasteiger partial charge in [0.25, 0.3) is 0 Å². The fourth-order valence-electron chi connectivity index (χ4n) is 1.89. The van der Waals surface area contributed by atoms with Crippen molar-refractivity contribution in [2.45, 2.75) is 39.3 Å². The maximum atomic E-state index is 12.4. The molecule has 0 amide bonds. The van der Waals surface area contributed by atoms with Gasteiger partial charge < -0.3 is 4.74 Å². The summed E-state index contributed by atoms with van der Waals surface area (Å²) >= 11 is 6.13. The number of carbonyl (C=O) groups is 1. The summed E-state index contributed by atoms with van der Waals surface area (Å²) in [5.74, 6) is -0.261. The number of hydrogen-bond donors (Lipinski definition) is 0. The van der Waals surface area contributed by atoms with Crippen molar-refractivity contribution in [2.24, 2.45) is 0 Å².